The first kappa shape index (κ1) is 12.8. The van der Waals surface area contributed by atoms with Gasteiger partial charge in [0, 0.05) is 17.4 Å². The highest BCUT2D eigenvalue weighted by Crippen LogP contribution is 2.28. The Hall–Kier alpha value is -1.31. The molecule has 0 amide bonds. The highest BCUT2D eigenvalue weighted by Gasteiger charge is 2.20. The molecule has 0 aliphatic rings. The molecule has 0 heterocycles. The molecule has 0 aliphatic heterocycles. The molecular formula is C14H20O2. The molecule has 0 N–H and O–H groups in total. The third kappa shape index (κ3) is 2.84. The van der Waals surface area contributed by atoms with E-state index in [4.69, 9.17) is 4.74 Å². The SMILES string of the molecule is CCOc1ccccc1C(C)C(=O)C(C)C. The molecule has 0 aromatic heterocycles. The van der Waals surface area contributed by atoms with E-state index in [1.807, 2.05) is 52.0 Å². The van der Waals surface area contributed by atoms with E-state index in [9.17, 15) is 4.79 Å². The minimum Gasteiger partial charge on any atom is -0.494 e. The molecular weight excluding hydrogens is 200 g/mol. The summed E-state index contributed by atoms with van der Waals surface area (Å²) in [5.41, 5.74) is 0.989. The lowest BCUT2D eigenvalue weighted by atomic mass is 9.90. The summed E-state index contributed by atoms with van der Waals surface area (Å²) < 4.78 is 5.54. The van der Waals surface area contributed by atoms with Gasteiger partial charge in [-0.3, -0.25) is 4.79 Å². The predicted octanol–water partition coefficient (Wildman–Crippen LogP) is 3.41. The smallest absolute Gasteiger partial charge is 0.142 e. The van der Waals surface area contributed by atoms with Gasteiger partial charge in [0.05, 0.1) is 6.61 Å². The Balaban J connectivity index is 2.98. The quantitative estimate of drug-likeness (QED) is 0.760. The average molecular weight is 220 g/mol. The van der Waals surface area contributed by atoms with Crippen LogP contribution in [0.25, 0.3) is 0 Å². The van der Waals surface area contributed by atoms with Gasteiger partial charge in [-0.1, -0.05) is 39.0 Å². The van der Waals surface area contributed by atoms with Gasteiger partial charge in [0.25, 0.3) is 0 Å². The second-order valence-electron chi connectivity index (χ2n) is 4.25. The van der Waals surface area contributed by atoms with Crippen molar-refractivity contribution in [2.24, 2.45) is 5.92 Å². The first-order chi connectivity index (χ1) is 7.57. The van der Waals surface area contributed by atoms with Crippen molar-refractivity contribution in [3.8, 4) is 5.75 Å². The molecule has 2 heteroatoms. The number of ketones is 1. The van der Waals surface area contributed by atoms with Crippen LogP contribution < -0.4 is 4.74 Å². The van der Waals surface area contributed by atoms with Crippen LogP contribution in [0.3, 0.4) is 0 Å². The van der Waals surface area contributed by atoms with Crippen LogP contribution in [0, 0.1) is 5.92 Å². The van der Waals surface area contributed by atoms with Crippen LogP contribution in [-0.4, -0.2) is 12.4 Å². The van der Waals surface area contributed by atoms with E-state index in [0.29, 0.717) is 6.61 Å². The van der Waals surface area contributed by atoms with Gasteiger partial charge in [0.1, 0.15) is 11.5 Å². The standard InChI is InChI=1S/C14H20O2/c1-5-16-13-9-7-6-8-12(13)11(4)14(15)10(2)3/h6-11H,5H2,1-4H3. The highest BCUT2D eigenvalue weighted by atomic mass is 16.5. The van der Waals surface area contributed by atoms with Crippen molar-refractivity contribution in [1.82, 2.24) is 0 Å². The van der Waals surface area contributed by atoms with Gasteiger partial charge >= 0.3 is 0 Å². The molecule has 1 aromatic carbocycles. The van der Waals surface area contributed by atoms with Crippen LogP contribution in [0.2, 0.25) is 0 Å². The normalized spacial score (nSPS) is 12.6. The topological polar surface area (TPSA) is 26.3 Å². The number of carbonyl (C=O) groups excluding carboxylic acids is 1. The lowest BCUT2D eigenvalue weighted by molar-refractivity contribution is -0.123. The summed E-state index contributed by atoms with van der Waals surface area (Å²) in [4.78, 5) is 11.9. The van der Waals surface area contributed by atoms with E-state index >= 15 is 0 Å². The Morgan fingerprint density at radius 3 is 2.44 bits per heavy atom. The molecule has 0 fully saturated rings. The van der Waals surface area contributed by atoms with Crippen LogP contribution >= 0.6 is 0 Å². The highest BCUT2D eigenvalue weighted by molar-refractivity contribution is 5.87. The zero-order chi connectivity index (χ0) is 12.1. The molecule has 0 bridgehead atoms. The Bertz CT molecular complexity index is 356. The molecule has 1 atom stereocenters. The fraction of sp³-hybridized carbons (Fsp3) is 0.500. The largest absolute Gasteiger partial charge is 0.494 e. The van der Waals surface area contributed by atoms with Crippen molar-refractivity contribution in [3.05, 3.63) is 29.8 Å². The van der Waals surface area contributed by atoms with Crippen LogP contribution in [0.4, 0.5) is 0 Å². The fourth-order valence-electron chi connectivity index (χ4n) is 1.78. The number of benzene rings is 1. The number of para-hydroxylation sites is 1. The summed E-state index contributed by atoms with van der Waals surface area (Å²) in [6.07, 6.45) is 0. The Labute approximate surface area is 97.6 Å². The van der Waals surface area contributed by atoms with Crippen LogP contribution in [0.5, 0.6) is 5.75 Å². The molecule has 0 aliphatic carbocycles. The van der Waals surface area contributed by atoms with Crippen LogP contribution in [-0.2, 0) is 4.79 Å². The molecule has 1 unspecified atom stereocenters. The summed E-state index contributed by atoms with van der Waals surface area (Å²) in [6.45, 7) is 8.38. The maximum atomic E-state index is 11.9. The van der Waals surface area contributed by atoms with E-state index in [1.165, 1.54) is 0 Å². The molecule has 0 saturated carbocycles. The molecule has 0 spiro atoms. The summed E-state index contributed by atoms with van der Waals surface area (Å²) in [7, 11) is 0. The third-order valence-corrected chi connectivity index (χ3v) is 2.68. The maximum absolute atomic E-state index is 11.9. The number of ether oxygens (including phenoxy) is 1. The van der Waals surface area contributed by atoms with Gasteiger partial charge in [-0.05, 0) is 13.0 Å². The van der Waals surface area contributed by atoms with E-state index in [1.54, 1.807) is 0 Å². The lowest BCUT2D eigenvalue weighted by Crippen LogP contribution is -2.16. The van der Waals surface area contributed by atoms with Crippen LogP contribution in [0.1, 0.15) is 39.2 Å². The number of carbonyl (C=O) groups is 1. The third-order valence-electron chi connectivity index (χ3n) is 2.68. The molecule has 88 valence electrons. The van der Waals surface area contributed by atoms with Crippen molar-refractivity contribution in [3.63, 3.8) is 0 Å². The Kier molecular flexibility index (Phi) is 4.53. The molecule has 1 aromatic rings. The lowest BCUT2D eigenvalue weighted by Gasteiger charge is -2.17. The molecule has 16 heavy (non-hydrogen) atoms. The van der Waals surface area contributed by atoms with E-state index < -0.39 is 0 Å². The van der Waals surface area contributed by atoms with Crippen molar-refractivity contribution in [2.45, 2.75) is 33.6 Å². The van der Waals surface area contributed by atoms with Gasteiger partial charge in [-0.25, -0.2) is 0 Å². The predicted molar refractivity (Wildman–Crippen MR) is 65.9 cm³/mol. The summed E-state index contributed by atoms with van der Waals surface area (Å²) >= 11 is 0. The van der Waals surface area contributed by atoms with Crippen molar-refractivity contribution >= 4 is 5.78 Å². The monoisotopic (exact) mass is 220 g/mol. The zero-order valence-electron chi connectivity index (χ0n) is 10.5. The number of hydrogen-bond acceptors (Lipinski definition) is 2. The molecule has 1 rings (SSSR count). The van der Waals surface area contributed by atoms with Crippen molar-refractivity contribution in [2.75, 3.05) is 6.61 Å². The van der Waals surface area contributed by atoms with E-state index in [0.717, 1.165) is 11.3 Å². The second-order valence-corrected chi connectivity index (χ2v) is 4.25. The van der Waals surface area contributed by atoms with E-state index in [2.05, 4.69) is 0 Å². The average Bonchev–Trinajstić information content (AvgIpc) is 2.28. The zero-order valence-corrected chi connectivity index (χ0v) is 10.5. The van der Waals surface area contributed by atoms with Gasteiger partial charge < -0.3 is 4.74 Å². The molecule has 0 radical (unpaired) electrons. The number of rotatable bonds is 5. The minimum absolute atomic E-state index is 0.0599. The Morgan fingerprint density at radius 2 is 1.88 bits per heavy atom. The van der Waals surface area contributed by atoms with Gasteiger partial charge in [-0.2, -0.15) is 0 Å². The second kappa shape index (κ2) is 5.69. The number of hydrogen-bond donors (Lipinski definition) is 0. The first-order valence-corrected chi connectivity index (χ1v) is 5.83. The van der Waals surface area contributed by atoms with Crippen LogP contribution in [0.15, 0.2) is 24.3 Å². The van der Waals surface area contributed by atoms with Gasteiger partial charge in [-0.15, -0.1) is 0 Å². The van der Waals surface area contributed by atoms with Crippen molar-refractivity contribution in [1.29, 1.82) is 0 Å². The van der Waals surface area contributed by atoms with Gasteiger partial charge in [0.2, 0.25) is 0 Å². The number of Topliss-reactive ketones (excluding diaryl/α,β-unsaturated/α-hetero) is 1. The first-order valence-electron chi connectivity index (χ1n) is 5.83. The minimum atomic E-state index is -0.0947. The Morgan fingerprint density at radius 1 is 1.25 bits per heavy atom. The fourth-order valence-corrected chi connectivity index (χ4v) is 1.78. The van der Waals surface area contributed by atoms with E-state index in [-0.39, 0.29) is 17.6 Å². The summed E-state index contributed by atoms with van der Waals surface area (Å²) in [5, 5.41) is 0. The molecule has 0 saturated heterocycles. The maximum Gasteiger partial charge on any atom is 0.142 e. The summed E-state index contributed by atoms with van der Waals surface area (Å²) in [5.74, 6) is 1.05. The summed E-state index contributed by atoms with van der Waals surface area (Å²) in [6, 6.07) is 7.77. The molecule has 2 nitrogen and oxygen atoms in total. The van der Waals surface area contributed by atoms with Crippen molar-refractivity contribution < 1.29 is 9.53 Å². The van der Waals surface area contributed by atoms with Gasteiger partial charge in [0.15, 0.2) is 0 Å².